The normalized spacial score (nSPS) is 13.7. The molecular formula is C14H22FNO3S. The van der Waals surface area contributed by atoms with Crippen molar-refractivity contribution in [2.24, 2.45) is 11.8 Å². The maximum absolute atomic E-state index is 12.8. The van der Waals surface area contributed by atoms with E-state index in [0.29, 0.717) is 12.3 Å². The predicted octanol–water partition coefficient (Wildman–Crippen LogP) is 2.15. The molecule has 0 amide bonds. The van der Waals surface area contributed by atoms with E-state index in [1.165, 1.54) is 12.1 Å². The summed E-state index contributed by atoms with van der Waals surface area (Å²) >= 11 is 0. The SMILES string of the molecule is CC(C)CC(CCO)CNS(=O)(=O)c1ccc(F)cc1. The van der Waals surface area contributed by atoms with Crippen LogP contribution in [0.3, 0.4) is 0 Å². The number of benzene rings is 1. The molecule has 1 aromatic rings. The zero-order valence-electron chi connectivity index (χ0n) is 11.8. The average Bonchev–Trinajstić information content (AvgIpc) is 2.36. The van der Waals surface area contributed by atoms with Crippen LogP contribution in [0.4, 0.5) is 4.39 Å². The van der Waals surface area contributed by atoms with Crippen molar-refractivity contribution in [3.05, 3.63) is 30.1 Å². The van der Waals surface area contributed by atoms with Crippen LogP contribution in [-0.2, 0) is 10.0 Å². The largest absolute Gasteiger partial charge is 0.396 e. The lowest BCUT2D eigenvalue weighted by Crippen LogP contribution is -2.30. The number of hydrogen-bond acceptors (Lipinski definition) is 3. The molecule has 1 rings (SSSR count). The van der Waals surface area contributed by atoms with Crippen molar-refractivity contribution in [3.63, 3.8) is 0 Å². The first-order valence-corrected chi connectivity index (χ1v) is 8.19. The van der Waals surface area contributed by atoms with Crippen LogP contribution in [0.2, 0.25) is 0 Å². The van der Waals surface area contributed by atoms with Gasteiger partial charge in [-0.05, 0) is 48.9 Å². The van der Waals surface area contributed by atoms with Gasteiger partial charge >= 0.3 is 0 Å². The molecule has 6 heteroatoms. The van der Waals surface area contributed by atoms with Gasteiger partial charge in [-0.1, -0.05) is 13.8 Å². The van der Waals surface area contributed by atoms with Crippen LogP contribution >= 0.6 is 0 Å². The third-order valence-corrected chi connectivity index (χ3v) is 4.47. The molecule has 0 saturated heterocycles. The second-order valence-corrected chi connectivity index (χ2v) is 7.08. The second kappa shape index (κ2) is 7.71. The first kappa shape index (κ1) is 17.1. The molecule has 0 aromatic heterocycles. The minimum atomic E-state index is -3.62. The topological polar surface area (TPSA) is 66.4 Å². The van der Waals surface area contributed by atoms with Crippen molar-refractivity contribution in [1.82, 2.24) is 4.72 Å². The van der Waals surface area contributed by atoms with Gasteiger partial charge in [-0.15, -0.1) is 0 Å². The van der Waals surface area contributed by atoms with Gasteiger partial charge in [0, 0.05) is 13.2 Å². The van der Waals surface area contributed by atoms with E-state index < -0.39 is 15.8 Å². The summed E-state index contributed by atoms with van der Waals surface area (Å²) in [6.07, 6.45) is 1.40. The lowest BCUT2D eigenvalue weighted by atomic mass is 9.95. The summed E-state index contributed by atoms with van der Waals surface area (Å²) in [5.41, 5.74) is 0. The maximum Gasteiger partial charge on any atom is 0.240 e. The Hall–Kier alpha value is -0.980. The smallest absolute Gasteiger partial charge is 0.240 e. The molecule has 1 atom stereocenters. The van der Waals surface area contributed by atoms with Crippen molar-refractivity contribution in [1.29, 1.82) is 0 Å². The fraction of sp³-hybridized carbons (Fsp3) is 0.571. The molecule has 4 nitrogen and oxygen atoms in total. The van der Waals surface area contributed by atoms with Gasteiger partial charge in [0.05, 0.1) is 4.90 Å². The number of hydrogen-bond donors (Lipinski definition) is 2. The highest BCUT2D eigenvalue weighted by atomic mass is 32.2. The van der Waals surface area contributed by atoms with Gasteiger partial charge < -0.3 is 5.11 Å². The van der Waals surface area contributed by atoms with Crippen molar-refractivity contribution < 1.29 is 17.9 Å². The van der Waals surface area contributed by atoms with E-state index in [1.54, 1.807) is 0 Å². The number of aliphatic hydroxyl groups excluding tert-OH is 1. The first-order valence-electron chi connectivity index (χ1n) is 6.71. The third kappa shape index (κ3) is 5.56. The van der Waals surface area contributed by atoms with Crippen LogP contribution in [0, 0.1) is 17.7 Å². The third-order valence-electron chi connectivity index (χ3n) is 3.03. The molecule has 1 aromatic carbocycles. The van der Waals surface area contributed by atoms with Crippen LogP contribution in [-0.4, -0.2) is 26.7 Å². The number of halogens is 1. The Morgan fingerprint density at radius 1 is 1.25 bits per heavy atom. The Labute approximate surface area is 120 Å². The van der Waals surface area contributed by atoms with Gasteiger partial charge in [0.2, 0.25) is 10.0 Å². The van der Waals surface area contributed by atoms with Crippen LogP contribution in [0.25, 0.3) is 0 Å². The van der Waals surface area contributed by atoms with E-state index in [1.807, 2.05) is 0 Å². The highest BCUT2D eigenvalue weighted by molar-refractivity contribution is 7.89. The van der Waals surface area contributed by atoms with E-state index in [9.17, 15) is 12.8 Å². The van der Waals surface area contributed by atoms with Crippen LogP contribution in [0.5, 0.6) is 0 Å². The summed E-state index contributed by atoms with van der Waals surface area (Å²) in [5, 5.41) is 9.01. The summed E-state index contributed by atoms with van der Waals surface area (Å²) in [7, 11) is -3.62. The zero-order chi connectivity index (χ0) is 15.2. The predicted molar refractivity (Wildman–Crippen MR) is 76.2 cm³/mol. The highest BCUT2D eigenvalue weighted by Crippen LogP contribution is 2.16. The number of nitrogens with one attached hydrogen (secondary N) is 1. The fourth-order valence-electron chi connectivity index (χ4n) is 2.08. The van der Waals surface area contributed by atoms with E-state index in [-0.39, 0.29) is 24.0 Å². The molecule has 0 saturated carbocycles. The molecule has 0 aliphatic carbocycles. The lowest BCUT2D eigenvalue weighted by Gasteiger charge is -2.18. The van der Waals surface area contributed by atoms with Gasteiger partial charge in [-0.2, -0.15) is 0 Å². The molecule has 0 spiro atoms. The average molecular weight is 303 g/mol. The zero-order valence-corrected chi connectivity index (χ0v) is 12.7. The van der Waals surface area contributed by atoms with Crippen molar-refractivity contribution >= 4 is 10.0 Å². The molecule has 0 aliphatic heterocycles. The van der Waals surface area contributed by atoms with Gasteiger partial charge in [-0.3, -0.25) is 0 Å². The second-order valence-electron chi connectivity index (χ2n) is 5.31. The molecule has 0 fully saturated rings. The van der Waals surface area contributed by atoms with E-state index in [0.717, 1.165) is 18.6 Å². The van der Waals surface area contributed by atoms with Gasteiger partial charge in [0.1, 0.15) is 5.82 Å². The Morgan fingerprint density at radius 2 is 1.85 bits per heavy atom. The van der Waals surface area contributed by atoms with Crippen LogP contribution in [0.15, 0.2) is 29.2 Å². The lowest BCUT2D eigenvalue weighted by molar-refractivity contribution is 0.243. The van der Waals surface area contributed by atoms with Crippen LogP contribution in [0.1, 0.15) is 26.7 Å². The Kier molecular flexibility index (Phi) is 6.58. The van der Waals surface area contributed by atoms with Crippen molar-refractivity contribution in [2.75, 3.05) is 13.2 Å². The molecule has 2 N–H and O–H groups in total. The van der Waals surface area contributed by atoms with Gasteiger partial charge in [0.15, 0.2) is 0 Å². The first-order chi connectivity index (χ1) is 9.35. The molecular weight excluding hydrogens is 281 g/mol. The summed E-state index contributed by atoms with van der Waals surface area (Å²) in [4.78, 5) is 0.0474. The van der Waals surface area contributed by atoms with Crippen molar-refractivity contribution in [3.8, 4) is 0 Å². The Balaban J connectivity index is 2.67. The molecule has 114 valence electrons. The fourth-order valence-corrected chi connectivity index (χ4v) is 3.19. The quantitative estimate of drug-likeness (QED) is 0.773. The van der Waals surface area contributed by atoms with Crippen molar-refractivity contribution in [2.45, 2.75) is 31.6 Å². The minimum absolute atomic E-state index is 0.0374. The van der Waals surface area contributed by atoms with Gasteiger partial charge in [0.25, 0.3) is 0 Å². The highest BCUT2D eigenvalue weighted by Gasteiger charge is 2.17. The standard InChI is InChI=1S/C14H22FNO3S/c1-11(2)9-12(7-8-17)10-16-20(18,19)14-5-3-13(15)4-6-14/h3-6,11-12,16-17H,7-10H2,1-2H3. The monoisotopic (exact) mass is 303 g/mol. The molecule has 20 heavy (non-hydrogen) atoms. The summed E-state index contributed by atoms with van der Waals surface area (Å²) in [6.45, 7) is 4.42. The Bertz CT molecular complexity index is 500. The summed E-state index contributed by atoms with van der Waals surface area (Å²) in [5.74, 6) is 0.0546. The molecule has 1 unspecified atom stereocenters. The molecule has 0 bridgehead atoms. The molecule has 0 heterocycles. The van der Waals surface area contributed by atoms with E-state index in [2.05, 4.69) is 18.6 Å². The number of sulfonamides is 1. The maximum atomic E-state index is 12.8. The number of aliphatic hydroxyl groups is 1. The minimum Gasteiger partial charge on any atom is -0.396 e. The Morgan fingerprint density at radius 3 is 2.35 bits per heavy atom. The van der Waals surface area contributed by atoms with E-state index in [4.69, 9.17) is 5.11 Å². The van der Waals surface area contributed by atoms with Crippen LogP contribution < -0.4 is 4.72 Å². The molecule has 0 radical (unpaired) electrons. The molecule has 0 aliphatic rings. The number of rotatable bonds is 8. The summed E-state index contributed by atoms with van der Waals surface area (Å²) in [6, 6.07) is 4.71. The van der Waals surface area contributed by atoms with Gasteiger partial charge in [-0.25, -0.2) is 17.5 Å². The van der Waals surface area contributed by atoms with E-state index >= 15 is 0 Å². The summed E-state index contributed by atoms with van der Waals surface area (Å²) < 4.78 is 39.4.